The third-order valence-corrected chi connectivity index (χ3v) is 3.50. The summed E-state index contributed by atoms with van der Waals surface area (Å²) in [6, 6.07) is 8.47. The van der Waals surface area contributed by atoms with Gasteiger partial charge in [-0.1, -0.05) is 50.6 Å². The lowest BCUT2D eigenvalue weighted by Crippen LogP contribution is -2.37. The van der Waals surface area contributed by atoms with Crippen LogP contribution in [0, 0.1) is 12.8 Å². The number of carbonyl (C=O) groups is 1. The molecule has 0 spiro atoms. The van der Waals surface area contributed by atoms with E-state index in [1.165, 1.54) is 11.1 Å². The summed E-state index contributed by atoms with van der Waals surface area (Å²) in [5, 5.41) is 3.01. The van der Waals surface area contributed by atoms with E-state index in [2.05, 4.69) is 50.4 Å². The van der Waals surface area contributed by atoms with Gasteiger partial charge in [-0.05, 0) is 24.9 Å². The molecule has 1 amide bonds. The first kappa shape index (κ1) is 15.7. The van der Waals surface area contributed by atoms with Crippen LogP contribution in [0.25, 0.3) is 0 Å². The number of aryl methyl sites for hydroxylation is 1. The Kier molecular flexibility index (Phi) is 5.55. The SMILES string of the molecule is Cc1ccc(C(C)(C)CNC(=O)CC(C)CN)cc1. The topological polar surface area (TPSA) is 55.1 Å². The second kappa shape index (κ2) is 6.71. The molecule has 0 heterocycles. The van der Waals surface area contributed by atoms with E-state index in [0.717, 1.165) is 0 Å². The van der Waals surface area contributed by atoms with Crippen LogP contribution in [-0.2, 0) is 10.2 Å². The molecule has 0 fully saturated rings. The highest BCUT2D eigenvalue weighted by Gasteiger charge is 2.21. The van der Waals surface area contributed by atoms with E-state index in [-0.39, 0.29) is 17.2 Å². The lowest BCUT2D eigenvalue weighted by molar-refractivity contribution is -0.122. The summed E-state index contributed by atoms with van der Waals surface area (Å²) in [5.74, 6) is 0.320. The van der Waals surface area contributed by atoms with Crippen LogP contribution in [0.3, 0.4) is 0 Å². The van der Waals surface area contributed by atoms with Gasteiger partial charge in [-0.25, -0.2) is 0 Å². The maximum Gasteiger partial charge on any atom is 0.220 e. The molecule has 0 aliphatic heterocycles. The number of benzene rings is 1. The number of hydrogen-bond acceptors (Lipinski definition) is 2. The molecule has 0 saturated heterocycles. The van der Waals surface area contributed by atoms with Crippen molar-refractivity contribution >= 4 is 5.91 Å². The first-order chi connectivity index (χ1) is 8.85. The minimum absolute atomic E-state index is 0.0602. The molecular formula is C16H26N2O. The number of amides is 1. The number of nitrogens with two attached hydrogens (primary N) is 1. The highest BCUT2D eigenvalue weighted by atomic mass is 16.1. The van der Waals surface area contributed by atoms with Crippen LogP contribution in [0.4, 0.5) is 0 Å². The van der Waals surface area contributed by atoms with Gasteiger partial charge < -0.3 is 11.1 Å². The molecule has 0 aromatic heterocycles. The van der Waals surface area contributed by atoms with Gasteiger partial charge >= 0.3 is 0 Å². The lowest BCUT2D eigenvalue weighted by atomic mass is 9.84. The van der Waals surface area contributed by atoms with Crippen molar-refractivity contribution in [2.75, 3.05) is 13.1 Å². The smallest absolute Gasteiger partial charge is 0.220 e. The van der Waals surface area contributed by atoms with Gasteiger partial charge in [0.05, 0.1) is 0 Å². The first-order valence-electron chi connectivity index (χ1n) is 6.89. The summed E-state index contributed by atoms with van der Waals surface area (Å²) in [4.78, 5) is 11.8. The Morgan fingerprint density at radius 1 is 1.32 bits per heavy atom. The van der Waals surface area contributed by atoms with Gasteiger partial charge in [0.2, 0.25) is 5.91 Å². The van der Waals surface area contributed by atoms with Crippen LogP contribution < -0.4 is 11.1 Å². The van der Waals surface area contributed by atoms with E-state index in [1.54, 1.807) is 0 Å². The van der Waals surface area contributed by atoms with Crippen LogP contribution in [0.2, 0.25) is 0 Å². The van der Waals surface area contributed by atoms with Crippen molar-refractivity contribution in [2.45, 2.75) is 39.5 Å². The molecule has 1 rings (SSSR count). The summed E-state index contributed by atoms with van der Waals surface area (Å²) >= 11 is 0. The highest BCUT2D eigenvalue weighted by molar-refractivity contribution is 5.76. The average molecular weight is 262 g/mol. The van der Waals surface area contributed by atoms with E-state index in [4.69, 9.17) is 5.73 Å². The molecular weight excluding hydrogens is 236 g/mol. The Bertz CT molecular complexity index is 409. The zero-order valence-electron chi connectivity index (χ0n) is 12.5. The van der Waals surface area contributed by atoms with Crippen LogP contribution in [0.5, 0.6) is 0 Å². The number of carbonyl (C=O) groups excluding carboxylic acids is 1. The third-order valence-electron chi connectivity index (χ3n) is 3.50. The highest BCUT2D eigenvalue weighted by Crippen LogP contribution is 2.22. The van der Waals surface area contributed by atoms with Crippen LogP contribution >= 0.6 is 0 Å². The zero-order chi connectivity index (χ0) is 14.5. The van der Waals surface area contributed by atoms with E-state index in [1.807, 2.05) is 6.92 Å². The Morgan fingerprint density at radius 3 is 2.42 bits per heavy atom. The van der Waals surface area contributed by atoms with Gasteiger partial charge in [-0.3, -0.25) is 4.79 Å². The molecule has 1 atom stereocenters. The fourth-order valence-corrected chi connectivity index (χ4v) is 1.90. The molecule has 0 bridgehead atoms. The maximum atomic E-state index is 11.8. The molecule has 0 aliphatic rings. The minimum Gasteiger partial charge on any atom is -0.355 e. The molecule has 0 saturated carbocycles. The normalized spacial score (nSPS) is 13.1. The molecule has 3 N–H and O–H groups in total. The second-order valence-electron chi connectivity index (χ2n) is 6.07. The van der Waals surface area contributed by atoms with Gasteiger partial charge in [0.25, 0.3) is 0 Å². The van der Waals surface area contributed by atoms with Gasteiger partial charge in [-0.15, -0.1) is 0 Å². The quantitative estimate of drug-likeness (QED) is 0.827. The van der Waals surface area contributed by atoms with Crippen molar-refractivity contribution in [3.63, 3.8) is 0 Å². The Labute approximate surface area is 116 Å². The van der Waals surface area contributed by atoms with Crippen molar-refractivity contribution in [1.29, 1.82) is 0 Å². The largest absolute Gasteiger partial charge is 0.355 e. The molecule has 3 heteroatoms. The third kappa shape index (κ3) is 5.03. The van der Waals surface area contributed by atoms with Gasteiger partial charge in [0.15, 0.2) is 0 Å². The fourth-order valence-electron chi connectivity index (χ4n) is 1.90. The summed E-state index contributed by atoms with van der Waals surface area (Å²) < 4.78 is 0. The number of rotatable bonds is 6. The van der Waals surface area contributed by atoms with Gasteiger partial charge in [-0.2, -0.15) is 0 Å². The Hall–Kier alpha value is -1.35. The molecule has 1 unspecified atom stereocenters. The molecule has 0 radical (unpaired) electrons. The molecule has 3 nitrogen and oxygen atoms in total. The van der Waals surface area contributed by atoms with E-state index in [0.29, 0.717) is 19.5 Å². The minimum atomic E-state index is -0.0602. The predicted octanol–water partition coefficient (Wildman–Crippen LogP) is 2.37. The molecule has 106 valence electrons. The standard InChI is InChI=1S/C16H26N2O/c1-12-5-7-14(8-6-12)16(3,4)11-18-15(19)9-13(2)10-17/h5-8,13H,9-11,17H2,1-4H3,(H,18,19). The van der Waals surface area contributed by atoms with Crippen molar-refractivity contribution in [1.82, 2.24) is 5.32 Å². The van der Waals surface area contributed by atoms with Gasteiger partial charge in [0.1, 0.15) is 0 Å². The predicted molar refractivity (Wildman–Crippen MR) is 80.1 cm³/mol. The maximum absolute atomic E-state index is 11.8. The van der Waals surface area contributed by atoms with Crippen molar-refractivity contribution < 1.29 is 4.79 Å². The summed E-state index contributed by atoms with van der Waals surface area (Å²) in [7, 11) is 0. The lowest BCUT2D eigenvalue weighted by Gasteiger charge is -2.26. The van der Waals surface area contributed by atoms with Gasteiger partial charge in [0, 0.05) is 18.4 Å². The monoisotopic (exact) mass is 262 g/mol. The molecule has 19 heavy (non-hydrogen) atoms. The Morgan fingerprint density at radius 2 is 1.89 bits per heavy atom. The van der Waals surface area contributed by atoms with Crippen molar-refractivity contribution in [2.24, 2.45) is 11.7 Å². The summed E-state index contributed by atoms with van der Waals surface area (Å²) in [6.45, 7) is 9.55. The van der Waals surface area contributed by atoms with Crippen LogP contribution in [0.15, 0.2) is 24.3 Å². The van der Waals surface area contributed by atoms with Crippen molar-refractivity contribution in [3.05, 3.63) is 35.4 Å². The number of nitrogens with one attached hydrogen (secondary N) is 1. The molecule has 1 aromatic rings. The van der Waals surface area contributed by atoms with Crippen LogP contribution in [0.1, 0.15) is 38.3 Å². The second-order valence-corrected chi connectivity index (χ2v) is 6.07. The summed E-state index contributed by atoms with van der Waals surface area (Å²) in [5.41, 5.74) is 7.96. The number of hydrogen-bond donors (Lipinski definition) is 2. The van der Waals surface area contributed by atoms with E-state index < -0.39 is 0 Å². The van der Waals surface area contributed by atoms with E-state index in [9.17, 15) is 4.79 Å². The average Bonchev–Trinajstić information content (AvgIpc) is 2.37. The van der Waals surface area contributed by atoms with Crippen LogP contribution in [-0.4, -0.2) is 19.0 Å². The molecule has 1 aromatic carbocycles. The summed E-state index contributed by atoms with van der Waals surface area (Å²) in [6.07, 6.45) is 0.500. The van der Waals surface area contributed by atoms with E-state index >= 15 is 0 Å². The zero-order valence-corrected chi connectivity index (χ0v) is 12.5. The first-order valence-corrected chi connectivity index (χ1v) is 6.89. The molecule has 0 aliphatic carbocycles. The van der Waals surface area contributed by atoms with Crippen molar-refractivity contribution in [3.8, 4) is 0 Å². The fraction of sp³-hybridized carbons (Fsp3) is 0.562. The Balaban J connectivity index is 2.55.